The van der Waals surface area contributed by atoms with Gasteiger partial charge in [0.05, 0.1) is 6.61 Å². The second-order valence-electron chi connectivity index (χ2n) is 1.65. The van der Waals surface area contributed by atoms with Gasteiger partial charge in [0.25, 0.3) is 0 Å². The Morgan fingerprint density at radius 3 is 2.45 bits per heavy atom. The van der Waals surface area contributed by atoms with Gasteiger partial charge in [0.15, 0.2) is 0 Å². The predicted octanol–water partition coefficient (Wildman–Crippen LogP) is 2.95. The van der Waals surface area contributed by atoms with Crippen LogP contribution in [-0.4, -0.2) is 16.5 Å². The molecule has 0 saturated heterocycles. The lowest BCUT2D eigenvalue weighted by Crippen LogP contribution is -2.08. The smallest absolute Gasteiger partial charge is 0.450 e. The number of halogens is 3. The third-order valence-electron chi connectivity index (χ3n) is 0.623. The quantitative estimate of drug-likeness (QED) is 0.640. The van der Waals surface area contributed by atoms with Crippen molar-refractivity contribution in [1.82, 2.24) is 0 Å². The van der Waals surface area contributed by atoms with Gasteiger partial charge >= 0.3 is 5.51 Å². The SMILES string of the molecule is CCCOC(=S)SC(F)(F)F. The Balaban J connectivity index is 3.53. The van der Waals surface area contributed by atoms with E-state index in [1.54, 1.807) is 6.92 Å². The molecule has 0 N–H and O–H groups in total. The van der Waals surface area contributed by atoms with Gasteiger partial charge in [-0.15, -0.1) is 0 Å². The Labute approximate surface area is 72.3 Å². The third-order valence-corrected chi connectivity index (χ3v) is 1.51. The van der Waals surface area contributed by atoms with E-state index in [1.807, 2.05) is 0 Å². The van der Waals surface area contributed by atoms with Crippen molar-refractivity contribution in [2.45, 2.75) is 18.9 Å². The normalized spacial score (nSPS) is 11.3. The summed E-state index contributed by atoms with van der Waals surface area (Å²) in [4.78, 5) is 0. The summed E-state index contributed by atoms with van der Waals surface area (Å²) in [5, 5.41) is 0. The van der Waals surface area contributed by atoms with E-state index in [0.29, 0.717) is 6.42 Å². The second-order valence-corrected chi connectivity index (χ2v) is 3.31. The topological polar surface area (TPSA) is 9.23 Å². The first-order chi connectivity index (χ1) is 4.95. The molecule has 0 aromatic heterocycles. The minimum Gasteiger partial charge on any atom is -0.478 e. The molecule has 6 heteroatoms. The van der Waals surface area contributed by atoms with Crippen molar-refractivity contribution in [3.63, 3.8) is 0 Å². The molecule has 0 atom stereocenters. The van der Waals surface area contributed by atoms with E-state index in [0.717, 1.165) is 0 Å². The molecule has 66 valence electrons. The molecule has 0 heterocycles. The highest BCUT2D eigenvalue weighted by Gasteiger charge is 2.31. The maximum absolute atomic E-state index is 11.5. The van der Waals surface area contributed by atoms with Crippen LogP contribution in [0.1, 0.15) is 13.3 Å². The van der Waals surface area contributed by atoms with Crippen LogP contribution in [0.5, 0.6) is 0 Å². The fourth-order valence-corrected chi connectivity index (χ4v) is 1.01. The number of ether oxygens (including phenoxy) is 1. The number of thioether (sulfide) groups is 1. The lowest BCUT2D eigenvalue weighted by molar-refractivity contribution is -0.0319. The fourth-order valence-electron chi connectivity index (χ4n) is 0.309. The average molecular weight is 204 g/mol. The molecule has 0 aliphatic heterocycles. The van der Waals surface area contributed by atoms with Crippen LogP contribution in [0.4, 0.5) is 13.2 Å². The van der Waals surface area contributed by atoms with E-state index in [4.69, 9.17) is 0 Å². The van der Waals surface area contributed by atoms with E-state index in [9.17, 15) is 13.2 Å². The zero-order chi connectivity index (χ0) is 8.91. The molecule has 0 aromatic carbocycles. The molecule has 0 aromatic rings. The summed E-state index contributed by atoms with van der Waals surface area (Å²) in [6.45, 7) is 2.03. The van der Waals surface area contributed by atoms with E-state index >= 15 is 0 Å². The van der Waals surface area contributed by atoms with Gasteiger partial charge in [-0.25, -0.2) is 0 Å². The molecular formula is C5H7F3OS2. The summed E-state index contributed by atoms with van der Waals surface area (Å²) in [6, 6.07) is 0. The molecule has 0 saturated carbocycles. The van der Waals surface area contributed by atoms with Gasteiger partial charge < -0.3 is 4.74 Å². The van der Waals surface area contributed by atoms with Crippen LogP contribution >= 0.6 is 24.0 Å². The van der Waals surface area contributed by atoms with Gasteiger partial charge in [-0.1, -0.05) is 6.92 Å². The van der Waals surface area contributed by atoms with Crippen molar-refractivity contribution < 1.29 is 17.9 Å². The number of hydrogen-bond donors (Lipinski definition) is 0. The summed E-state index contributed by atoms with van der Waals surface area (Å²) in [5.41, 5.74) is -4.33. The molecule has 0 aliphatic rings. The molecule has 0 bridgehead atoms. The molecular weight excluding hydrogens is 197 g/mol. The molecule has 0 rings (SSSR count). The lowest BCUT2D eigenvalue weighted by atomic mass is 10.5. The van der Waals surface area contributed by atoms with Gasteiger partial charge in [0.2, 0.25) is 4.38 Å². The summed E-state index contributed by atoms with van der Waals surface area (Å²) in [7, 11) is 0. The predicted molar refractivity (Wildman–Crippen MR) is 42.5 cm³/mol. The minimum absolute atomic E-state index is 0.238. The highest BCUT2D eigenvalue weighted by molar-refractivity contribution is 8.23. The zero-order valence-electron chi connectivity index (χ0n) is 5.77. The number of rotatable bonds is 2. The van der Waals surface area contributed by atoms with Crippen LogP contribution in [0, 0.1) is 0 Å². The summed E-state index contributed by atoms with van der Waals surface area (Å²) >= 11 is 3.89. The fraction of sp³-hybridized carbons (Fsp3) is 0.800. The first kappa shape index (κ1) is 11.0. The van der Waals surface area contributed by atoms with Gasteiger partial charge in [-0.3, -0.25) is 0 Å². The summed E-state index contributed by atoms with van der Waals surface area (Å²) in [5.74, 6) is 0. The van der Waals surface area contributed by atoms with Crippen molar-refractivity contribution in [1.29, 1.82) is 0 Å². The molecule has 11 heavy (non-hydrogen) atoms. The van der Waals surface area contributed by atoms with Gasteiger partial charge in [0, 0.05) is 11.8 Å². The first-order valence-corrected chi connectivity index (χ1v) is 4.10. The second kappa shape index (κ2) is 4.82. The highest BCUT2D eigenvalue weighted by Crippen LogP contribution is 2.31. The standard InChI is InChI=1S/C5H7F3OS2/c1-2-3-9-4(10)11-5(6,7)8/h2-3H2,1H3. The Morgan fingerprint density at radius 1 is 1.55 bits per heavy atom. The lowest BCUT2D eigenvalue weighted by Gasteiger charge is -2.06. The van der Waals surface area contributed by atoms with Crippen LogP contribution < -0.4 is 0 Å². The van der Waals surface area contributed by atoms with E-state index in [-0.39, 0.29) is 6.61 Å². The Kier molecular flexibility index (Phi) is 4.83. The Morgan fingerprint density at radius 2 is 2.09 bits per heavy atom. The Hall–Kier alpha value is 0.0300. The molecule has 0 spiro atoms. The number of hydrogen-bond acceptors (Lipinski definition) is 3. The monoisotopic (exact) mass is 204 g/mol. The van der Waals surface area contributed by atoms with E-state index in [2.05, 4.69) is 17.0 Å². The van der Waals surface area contributed by atoms with E-state index < -0.39 is 21.7 Å². The van der Waals surface area contributed by atoms with Crippen molar-refractivity contribution in [2.75, 3.05) is 6.61 Å². The van der Waals surface area contributed by atoms with Crippen LogP contribution in [0.2, 0.25) is 0 Å². The maximum atomic E-state index is 11.5. The summed E-state index contributed by atoms with van der Waals surface area (Å²) in [6.07, 6.45) is 0.651. The Bertz CT molecular complexity index is 134. The molecule has 0 amide bonds. The molecule has 0 unspecified atom stereocenters. The largest absolute Gasteiger partial charge is 0.478 e. The third kappa shape index (κ3) is 7.93. The van der Waals surface area contributed by atoms with Crippen LogP contribution in [0.15, 0.2) is 0 Å². The number of alkyl halides is 3. The van der Waals surface area contributed by atoms with Gasteiger partial charge in [0.1, 0.15) is 0 Å². The van der Waals surface area contributed by atoms with Gasteiger partial charge in [-0.2, -0.15) is 13.2 Å². The van der Waals surface area contributed by atoms with Crippen molar-refractivity contribution in [3.8, 4) is 0 Å². The van der Waals surface area contributed by atoms with Crippen molar-refractivity contribution in [3.05, 3.63) is 0 Å². The van der Waals surface area contributed by atoms with E-state index in [1.165, 1.54) is 0 Å². The van der Waals surface area contributed by atoms with Crippen molar-refractivity contribution in [2.24, 2.45) is 0 Å². The van der Waals surface area contributed by atoms with Gasteiger partial charge in [-0.05, 0) is 18.6 Å². The minimum atomic E-state index is -4.33. The molecule has 0 fully saturated rings. The molecule has 0 aliphatic carbocycles. The molecule has 0 radical (unpaired) electrons. The maximum Gasteiger partial charge on any atom is 0.450 e. The first-order valence-electron chi connectivity index (χ1n) is 2.88. The van der Waals surface area contributed by atoms with Crippen LogP contribution in [0.25, 0.3) is 0 Å². The molecule has 1 nitrogen and oxygen atoms in total. The highest BCUT2D eigenvalue weighted by atomic mass is 32.2. The van der Waals surface area contributed by atoms with Crippen LogP contribution in [0.3, 0.4) is 0 Å². The number of thiocarbonyl (C=S) groups is 1. The van der Waals surface area contributed by atoms with Crippen LogP contribution in [-0.2, 0) is 4.74 Å². The average Bonchev–Trinajstić information content (AvgIpc) is 1.79. The zero-order valence-corrected chi connectivity index (χ0v) is 7.41. The summed E-state index contributed by atoms with van der Waals surface area (Å²) < 4.78 is 38.7. The van der Waals surface area contributed by atoms with Crippen molar-refractivity contribution >= 4 is 28.4 Å².